The first-order valence-electron chi connectivity index (χ1n) is 8.09. The van der Waals surface area contributed by atoms with Gasteiger partial charge in [-0.1, -0.05) is 6.07 Å². The Labute approximate surface area is 185 Å². The largest absolute Gasteiger partial charge is 0.357 e. The number of halogens is 1. The van der Waals surface area contributed by atoms with Crippen LogP contribution in [0.25, 0.3) is 0 Å². The van der Waals surface area contributed by atoms with Gasteiger partial charge in [0.05, 0.1) is 12.2 Å². The van der Waals surface area contributed by atoms with Crippen LogP contribution >= 0.6 is 46.7 Å². The first-order valence-corrected chi connectivity index (χ1v) is 11.3. The molecule has 0 aliphatic rings. The van der Waals surface area contributed by atoms with Crippen LogP contribution in [0.3, 0.4) is 0 Å². The molecule has 27 heavy (non-hydrogen) atoms. The lowest BCUT2D eigenvalue weighted by atomic mass is 10.5. The molecule has 12 heteroatoms. The van der Waals surface area contributed by atoms with Gasteiger partial charge in [-0.05, 0) is 18.4 Å². The number of rotatable bonds is 9. The Morgan fingerprint density at radius 1 is 1.26 bits per heavy atom. The van der Waals surface area contributed by atoms with Gasteiger partial charge >= 0.3 is 0 Å². The highest BCUT2D eigenvalue weighted by molar-refractivity contribution is 14.0. The average Bonchev–Trinajstić information content (AvgIpc) is 3.28. The first-order chi connectivity index (χ1) is 12.4. The van der Waals surface area contributed by atoms with Crippen LogP contribution in [0, 0.1) is 0 Å². The molecule has 0 aliphatic heterocycles. The summed E-state index contributed by atoms with van der Waals surface area (Å²) in [6.07, 6.45) is 0. The van der Waals surface area contributed by atoms with E-state index in [4.69, 9.17) is 0 Å². The van der Waals surface area contributed by atoms with Crippen molar-refractivity contribution >= 4 is 67.8 Å². The summed E-state index contributed by atoms with van der Waals surface area (Å²) < 4.78 is 27.0. The van der Waals surface area contributed by atoms with E-state index in [1.165, 1.54) is 11.3 Å². The molecule has 152 valence electrons. The maximum Gasteiger partial charge on any atom is 0.250 e. The Kier molecular flexibility index (Phi) is 10.5. The number of hydrogen-bond donors (Lipinski definition) is 3. The molecule has 0 spiro atoms. The van der Waals surface area contributed by atoms with Gasteiger partial charge in [-0.3, -0.25) is 0 Å². The number of sulfonamides is 1. The fourth-order valence-corrected chi connectivity index (χ4v) is 4.75. The van der Waals surface area contributed by atoms with E-state index in [1.807, 2.05) is 31.3 Å². The van der Waals surface area contributed by atoms with E-state index in [0.29, 0.717) is 29.8 Å². The number of aromatic nitrogens is 1. The van der Waals surface area contributed by atoms with Crippen LogP contribution < -0.4 is 20.3 Å². The van der Waals surface area contributed by atoms with Gasteiger partial charge in [-0.25, -0.2) is 23.1 Å². The Hall–Kier alpha value is -0.960. The number of thiophene rings is 1. The summed E-state index contributed by atoms with van der Waals surface area (Å²) in [5.41, 5.74) is 0.898. The van der Waals surface area contributed by atoms with Crippen molar-refractivity contribution in [1.82, 2.24) is 20.3 Å². The van der Waals surface area contributed by atoms with Gasteiger partial charge in [0.2, 0.25) is 10.0 Å². The fraction of sp³-hybridized carbons (Fsp3) is 0.467. The van der Waals surface area contributed by atoms with E-state index in [9.17, 15) is 8.42 Å². The predicted octanol–water partition coefficient (Wildman–Crippen LogP) is 1.92. The van der Waals surface area contributed by atoms with Crippen LogP contribution in [0.4, 0.5) is 5.13 Å². The summed E-state index contributed by atoms with van der Waals surface area (Å²) in [6, 6.07) is 3.30. The van der Waals surface area contributed by atoms with Crippen LogP contribution in [-0.2, 0) is 16.6 Å². The summed E-state index contributed by atoms with van der Waals surface area (Å²) in [7, 11) is 0.473. The summed E-state index contributed by atoms with van der Waals surface area (Å²) >= 11 is 2.77. The number of anilines is 1. The van der Waals surface area contributed by atoms with Crippen LogP contribution in [0.15, 0.2) is 32.1 Å². The second kappa shape index (κ2) is 11.8. The Morgan fingerprint density at radius 3 is 2.63 bits per heavy atom. The minimum absolute atomic E-state index is 0. The quantitative estimate of drug-likeness (QED) is 0.193. The Balaban J connectivity index is 0.00000364. The van der Waals surface area contributed by atoms with Gasteiger partial charge in [-0.15, -0.1) is 46.7 Å². The van der Waals surface area contributed by atoms with Gasteiger partial charge in [0.15, 0.2) is 11.1 Å². The zero-order chi connectivity index (χ0) is 19.0. The lowest BCUT2D eigenvalue weighted by Gasteiger charge is -2.11. The minimum atomic E-state index is -3.43. The number of nitrogens with zero attached hydrogens (tertiary/aromatic N) is 3. The normalized spacial score (nSPS) is 11.7. The molecule has 0 bridgehead atoms. The number of thiazole rings is 1. The van der Waals surface area contributed by atoms with Gasteiger partial charge in [-0.2, -0.15) is 0 Å². The summed E-state index contributed by atoms with van der Waals surface area (Å²) in [4.78, 5) is 10.9. The van der Waals surface area contributed by atoms with Gasteiger partial charge in [0, 0.05) is 39.1 Å². The van der Waals surface area contributed by atoms with E-state index in [-0.39, 0.29) is 30.5 Å². The second-order valence-electron chi connectivity index (χ2n) is 5.47. The summed E-state index contributed by atoms with van der Waals surface area (Å²) in [6.45, 7) is 3.85. The van der Waals surface area contributed by atoms with Gasteiger partial charge in [0.25, 0.3) is 0 Å². The lowest BCUT2D eigenvalue weighted by molar-refractivity contribution is 0.582. The zero-order valence-electron chi connectivity index (χ0n) is 15.4. The molecule has 0 fully saturated rings. The number of aliphatic imine (C=N–C) groups is 1. The van der Waals surface area contributed by atoms with E-state index in [1.54, 1.807) is 28.8 Å². The molecule has 2 aromatic rings. The van der Waals surface area contributed by atoms with Crippen molar-refractivity contribution in [3.05, 3.63) is 28.6 Å². The molecule has 0 amide bonds. The molecule has 0 unspecified atom stereocenters. The molecule has 0 saturated carbocycles. The maximum atomic E-state index is 12.0. The van der Waals surface area contributed by atoms with Crippen molar-refractivity contribution in [2.45, 2.75) is 17.7 Å². The topological polar surface area (TPSA) is 98.7 Å². The van der Waals surface area contributed by atoms with E-state index in [0.717, 1.165) is 10.8 Å². The number of nitrogens with one attached hydrogen (secondary N) is 3. The predicted molar refractivity (Wildman–Crippen MR) is 124 cm³/mol. The molecule has 8 nitrogen and oxygen atoms in total. The van der Waals surface area contributed by atoms with Crippen molar-refractivity contribution in [3.8, 4) is 0 Å². The highest BCUT2D eigenvalue weighted by Crippen LogP contribution is 2.18. The average molecular weight is 545 g/mol. The molecule has 0 saturated heterocycles. The van der Waals surface area contributed by atoms with E-state index in [2.05, 4.69) is 25.3 Å². The van der Waals surface area contributed by atoms with Crippen molar-refractivity contribution in [1.29, 1.82) is 0 Å². The molecule has 3 N–H and O–H groups in total. The molecular formula is C15H25IN6O2S3. The van der Waals surface area contributed by atoms with Crippen LogP contribution in [-0.4, -0.2) is 53.1 Å². The van der Waals surface area contributed by atoms with Crippen molar-refractivity contribution in [3.63, 3.8) is 0 Å². The van der Waals surface area contributed by atoms with Crippen molar-refractivity contribution < 1.29 is 8.42 Å². The molecule has 0 atom stereocenters. The van der Waals surface area contributed by atoms with E-state index < -0.39 is 10.0 Å². The molecule has 2 heterocycles. The number of guanidine groups is 1. The summed E-state index contributed by atoms with van der Waals surface area (Å²) in [5.74, 6) is 0.627. The SMILES string of the molecule is CCNC(=NCc1csc(N(C)C)n1)NCCNS(=O)(=O)c1cccs1.I. The highest BCUT2D eigenvalue weighted by Gasteiger charge is 2.13. The zero-order valence-corrected chi connectivity index (χ0v) is 20.2. The standard InChI is InChI=1S/C15H24N6O2S3.HI/c1-4-16-14(18-10-12-11-25-15(20-12)21(2)3)17-7-8-19-26(22,23)13-6-5-9-24-13;/h5-6,9,11,19H,4,7-8,10H2,1-3H3,(H2,16,17,18);1H. The highest BCUT2D eigenvalue weighted by atomic mass is 127. The van der Waals surface area contributed by atoms with Crippen LogP contribution in [0.5, 0.6) is 0 Å². The lowest BCUT2D eigenvalue weighted by Crippen LogP contribution is -2.41. The fourth-order valence-electron chi connectivity index (χ4n) is 1.93. The van der Waals surface area contributed by atoms with Crippen molar-refractivity contribution in [2.75, 3.05) is 38.6 Å². The Bertz CT molecular complexity index is 805. The molecule has 2 rings (SSSR count). The first kappa shape index (κ1) is 24.1. The molecule has 2 aromatic heterocycles. The summed E-state index contributed by atoms with van der Waals surface area (Å²) in [5, 5.41) is 10.9. The van der Waals surface area contributed by atoms with Crippen LogP contribution in [0.2, 0.25) is 0 Å². The maximum absolute atomic E-state index is 12.0. The monoisotopic (exact) mass is 544 g/mol. The third kappa shape index (κ3) is 7.89. The van der Waals surface area contributed by atoms with Gasteiger partial charge in [0.1, 0.15) is 4.21 Å². The molecular weight excluding hydrogens is 519 g/mol. The second-order valence-corrected chi connectivity index (χ2v) is 9.25. The van der Waals surface area contributed by atoms with Gasteiger partial charge < -0.3 is 15.5 Å². The third-order valence-electron chi connectivity index (χ3n) is 3.14. The molecule has 0 aliphatic carbocycles. The van der Waals surface area contributed by atoms with Crippen molar-refractivity contribution in [2.24, 2.45) is 4.99 Å². The Morgan fingerprint density at radius 2 is 2.04 bits per heavy atom. The smallest absolute Gasteiger partial charge is 0.250 e. The third-order valence-corrected chi connectivity index (χ3v) is 7.05. The van der Waals surface area contributed by atoms with E-state index >= 15 is 0 Å². The molecule has 0 aromatic carbocycles. The molecule has 0 radical (unpaired) electrons. The number of hydrogen-bond acceptors (Lipinski definition) is 7. The van der Waals surface area contributed by atoms with Crippen LogP contribution in [0.1, 0.15) is 12.6 Å². The minimum Gasteiger partial charge on any atom is -0.357 e.